The van der Waals surface area contributed by atoms with Gasteiger partial charge in [0.05, 0.1) is 5.38 Å². The Morgan fingerprint density at radius 1 is 1.13 bits per heavy atom. The monoisotopic (exact) mass is 216 g/mol. The highest BCUT2D eigenvalue weighted by molar-refractivity contribution is 7.12. The van der Waals surface area contributed by atoms with Crippen LogP contribution in [-0.4, -0.2) is 4.98 Å². The molecule has 0 aliphatic heterocycles. The van der Waals surface area contributed by atoms with Crippen molar-refractivity contribution in [2.24, 2.45) is 0 Å². The van der Waals surface area contributed by atoms with Crippen molar-refractivity contribution < 1.29 is 0 Å². The van der Waals surface area contributed by atoms with Crippen molar-refractivity contribution in [1.82, 2.24) is 4.98 Å². The Labute approximate surface area is 94.8 Å². The van der Waals surface area contributed by atoms with Gasteiger partial charge in [0.15, 0.2) is 0 Å². The van der Waals surface area contributed by atoms with Crippen molar-refractivity contribution in [1.29, 1.82) is 0 Å². The zero-order valence-electron chi connectivity index (χ0n) is 9.24. The maximum Gasteiger partial charge on any atom is 0.123 e. The SMILES string of the molecule is CC(C)(C)c1ccc(-c2nc[c]s2)cc1. The third-order valence-corrected chi connectivity index (χ3v) is 3.15. The maximum atomic E-state index is 4.24. The molecule has 2 aromatic rings. The second-order valence-electron chi connectivity index (χ2n) is 4.61. The van der Waals surface area contributed by atoms with Gasteiger partial charge >= 0.3 is 0 Å². The molecule has 1 aromatic carbocycles. The van der Waals surface area contributed by atoms with E-state index in [-0.39, 0.29) is 5.41 Å². The largest absolute Gasteiger partial charge is 0.244 e. The summed E-state index contributed by atoms with van der Waals surface area (Å²) in [6.07, 6.45) is 1.72. The highest BCUT2D eigenvalue weighted by Gasteiger charge is 2.13. The molecule has 1 radical (unpaired) electrons. The molecule has 0 N–H and O–H groups in total. The molecule has 0 bridgehead atoms. The summed E-state index contributed by atoms with van der Waals surface area (Å²) in [5.74, 6) is 0. The third kappa shape index (κ3) is 2.26. The van der Waals surface area contributed by atoms with E-state index in [1.165, 1.54) is 11.1 Å². The van der Waals surface area contributed by atoms with E-state index in [1.807, 2.05) is 0 Å². The maximum absolute atomic E-state index is 4.24. The number of thiazole rings is 1. The van der Waals surface area contributed by atoms with E-state index in [0.29, 0.717) is 0 Å². The van der Waals surface area contributed by atoms with Crippen molar-refractivity contribution in [2.75, 3.05) is 0 Å². The molecular weight excluding hydrogens is 202 g/mol. The highest BCUT2D eigenvalue weighted by atomic mass is 32.1. The molecular formula is C13H14NS. The predicted octanol–water partition coefficient (Wildman–Crippen LogP) is 3.91. The quantitative estimate of drug-likeness (QED) is 0.704. The minimum absolute atomic E-state index is 0.216. The zero-order valence-corrected chi connectivity index (χ0v) is 10.1. The smallest absolute Gasteiger partial charge is 0.123 e. The Morgan fingerprint density at radius 2 is 1.80 bits per heavy atom. The lowest BCUT2D eigenvalue weighted by atomic mass is 9.87. The van der Waals surface area contributed by atoms with Crippen LogP contribution in [-0.2, 0) is 5.41 Å². The van der Waals surface area contributed by atoms with Gasteiger partial charge in [-0.3, -0.25) is 0 Å². The van der Waals surface area contributed by atoms with Gasteiger partial charge in [-0.15, -0.1) is 11.3 Å². The van der Waals surface area contributed by atoms with E-state index in [9.17, 15) is 0 Å². The Morgan fingerprint density at radius 3 is 2.27 bits per heavy atom. The van der Waals surface area contributed by atoms with Gasteiger partial charge in [-0.2, -0.15) is 0 Å². The molecule has 0 unspecified atom stereocenters. The summed E-state index contributed by atoms with van der Waals surface area (Å²) >= 11 is 1.55. The lowest BCUT2D eigenvalue weighted by Gasteiger charge is -2.18. The molecule has 15 heavy (non-hydrogen) atoms. The fourth-order valence-corrected chi connectivity index (χ4v) is 2.02. The molecule has 0 fully saturated rings. The fourth-order valence-electron chi connectivity index (χ4n) is 1.44. The number of nitrogens with zero attached hydrogens (tertiary/aromatic N) is 1. The van der Waals surface area contributed by atoms with E-state index in [4.69, 9.17) is 0 Å². The topological polar surface area (TPSA) is 12.9 Å². The average Bonchev–Trinajstić information content (AvgIpc) is 2.69. The van der Waals surface area contributed by atoms with Crippen LogP contribution in [0.15, 0.2) is 30.5 Å². The first kappa shape index (κ1) is 10.4. The van der Waals surface area contributed by atoms with Gasteiger partial charge in [0.1, 0.15) is 5.01 Å². The zero-order chi connectivity index (χ0) is 10.9. The summed E-state index contributed by atoms with van der Waals surface area (Å²) in [6, 6.07) is 8.62. The number of rotatable bonds is 1. The second-order valence-corrected chi connectivity index (χ2v) is 5.44. The molecule has 77 valence electrons. The molecule has 2 rings (SSSR count). The molecule has 0 saturated carbocycles. The van der Waals surface area contributed by atoms with Crippen molar-refractivity contribution in [2.45, 2.75) is 26.2 Å². The first-order chi connectivity index (χ1) is 7.07. The molecule has 0 atom stereocenters. The number of benzene rings is 1. The minimum Gasteiger partial charge on any atom is -0.244 e. The predicted molar refractivity (Wildman–Crippen MR) is 65.1 cm³/mol. The molecule has 0 aliphatic rings. The van der Waals surface area contributed by atoms with Gasteiger partial charge < -0.3 is 0 Å². The van der Waals surface area contributed by atoms with Gasteiger partial charge in [0, 0.05) is 11.8 Å². The summed E-state index contributed by atoms with van der Waals surface area (Å²) in [4.78, 5) is 4.24. The van der Waals surface area contributed by atoms with Gasteiger partial charge in [-0.1, -0.05) is 45.0 Å². The first-order valence-electron chi connectivity index (χ1n) is 5.00. The molecule has 2 heteroatoms. The Kier molecular flexibility index (Phi) is 2.61. The highest BCUT2D eigenvalue weighted by Crippen LogP contribution is 2.26. The summed E-state index contributed by atoms with van der Waals surface area (Å²) in [5, 5.41) is 4.04. The molecule has 0 spiro atoms. The second kappa shape index (κ2) is 3.78. The number of hydrogen-bond acceptors (Lipinski definition) is 2. The van der Waals surface area contributed by atoms with Gasteiger partial charge in [-0.05, 0) is 11.0 Å². The molecule has 0 aliphatic carbocycles. The standard InChI is InChI=1S/C13H14NS/c1-13(2,3)11-6-4-10(5-7-11)12-14-8-9-15-12/h4-8H,1-3H3. The van der Waals surface area contributed by atoms with Crippen LogP contribution in [0.3, 0.4) is 0 Å². The van der Waals surface area contributed by atoms with Crippen LogP contribution in [0.4, 0.5) is 0 Å². The molecule has 0 amide bonds. The Balaban J connectivity index is 2.33. The number of hydrogen-bond donors (Lipinski definition) is 0. The molecule has 1 nitrogen and oxygen atoms in total. The Bertz CT molecular complexity index is 421. The Hall–Kier alpha value is -1.15. The van der Waals surface area contributed by atoms with E-state index in [1.54, 1.807) is 17.5 Å². The number of aromatic nitrogens is 1. The van der Waals surface area contributed by atoms with Crippen LogP contribution >= 0.6 is 11.3 Å². The summed E-state index contributed by atoms with van der Waals surface area (Å²) in [7, 11) is 0. The van der Waals surface area contributed by atoms with Gasteiger partial charge in [0.25, 0.3) is 0 Å². The average molecular weight is 216 g/mol. The molecule has 1 aromatic heterocycles. The van der Waals surface area contributed by atoms with Crippen LogP contribution in [0.25, 0.3) is 10.6 Å². The minimum atomic E-state index is 0.216. The van der Waals surface area contributed by atoms with Crippen molar-refractivity contribution in [3.8, 4) is 10.6 Å². The van der Waals surface area contributed by atoms with Crippen LogP contribution in [0, 0.1) is 5.38 Å². The van der Waals surface area contributed by atoms with E-state index >= 15 is 0 Å². The van der Waals surface area contributed by atoms with Crippen LogP contribution < -0.4 is 0 Å². The van der Waals surface area contributed by atoms with E-state index in [0.717, 1.165) is 5.01 Å². The van der Waals surface area contributed by atoms with Crippen LogP contribution in [0.2, 0.25) is 0 Å². The van der Waals surface area contributed by atoms with Crippen LogP contribution in [0.1, 0.15) is 26.3 Å². The summed E-state index contributed by atoms with van der Waals surface area (Å²) in [5.41, 5.74) is 2.74. The summed E-state index contributed by atoms with van der Waals surface area (Å²) in [6.45, 7) is 6.66. The van der Waals surface area contributed by atoms with Crippen molar-refractivity contribution in [3.05, 3.63) is 41.4 Å². The lowest BCUT2D eigenvalue weighted by molar-refractivity contribution is 0.590. The molecule has 0 saturated heterocycles. The van der Waals surface area contributed by atoms with Crippen LogP contribution in [0.5, 0.6) is 0 Å². The van der Waals surface area contributed by atoms with Gasteiger partial charge in [0.2, 0.25) is 0 Å². The molecule has 1 heterocycles. The third-order valence-electron chi connectivity index (χ3n) is 2.39. The van der Waals surface area contributed by atoms with E-state index in [2.05, 4.69) is 55.4 Å². The first-order valence-corrected chi connectivity index (χ1v) is 5.82. The van der Waals surface area contributed by atoms with Crippen molar-refractivity contribution >= 4 is 11.3 Å². The summed E-state index contributed by atoms with van der Waals surface area (Å²) < 4.78 is 0. The van der Waals surface area contributed by atoms with Gasteiger partial charge in [-0.25, -0.2) is 4.98 Å². The van der Waals surface area contributed by atoms with Crippen molar-refractivity contribution in [3.63, 3.8) is 0 Å². The normalized spacial score (nSPS) is 11.7. The fraction of sp³-hybridized carbons (Fsp3) is 0.308. The lowest BCUT2D eigenvalue weighted by Crippen LogP contribution is -2.10. The van der Waals surface area contributed by atoms with E-state index < -0.39 is 0 Å².